The van der Waals surface area contributed by atoms with Crippen molar-refractivity contribution in [3.8, 4) is 0 Å². The lowest BCUT2D eigenvalue weighted by molar-refractivity contribution is 0.245. The molecule has 4 nitrogen and oxygen atoms in total. The minimum atomic E-state index is -0.566. The number of guanidine groups is 1. The van der Waals surface area contributed by atoms with Crippen molar-refractivity contribution < 1.29 is 13.9 Å². The number of aliphatic hydroxyl groups excluding tert-OH is 1. The first-order valence-electron chi connectivity index (χ1n) is 9.03. The summed E-state index contributed by atoms with van der Waals surface area (Å²) < 4.78 is 26.6. The van der Waals surface area contributed by atoms with Gasteiger partial charge in [0.1, 0.15) is 11.6 Å². The van der Waals surface area contributed by atoms with Crippen LogP contribution >= 0.6 is 24.0 Å². The van der Waals surface area contributed by atoms with Crippen molar-refractivity contribution >= 4 is 29.9 Å². The summed E-state index contributed by atoms with van der Waals surface area (Å²) in [5.41, 5.74) is 0.475. The molecule has 0 amide bonds. The maximum Gasteiger partial charge on any atom is 0.191 e. The molecule has 0 heterocycles. The van der Waals surface area contributed by atoms with Crippen LogP contribution in [0.2, 0.25) is 0 Å². The Kier molecular flexibility index (Phi) is 13.6. The Balaban J connectivity index is 0.00000625. The molecule has 1 aromatic rings. The molecular weight excluding hydrogens is 451 g/mol. The molecule has 26 heavy (non-hydrogen) atoms. The number of hydrogen-bond acceptors (Lipinski definition) is 2. The van der Waals surface area contributed by atoms with Gasteiger partial charge in [-0.15, -0.1) is 24.0 Å². The largest absolute Gasteiger partial charge is 0.396 e. The highest BCUT2D eigenvalue weighted by Gasteiger charge is 2.11. The van der Waals surface area contributed by atoms with Gasteiger partial charge in [0.25, 0.3) is 0 Å². The smallest absolute Gasteiger partial charge is 0.191 e. The summed E-state index contributed by atoms with van der Waals surface area (Å²) in [5.74, 6) is 0.489. The van der Waals surface area contributed by atoms with Gasteiger partial charge < -0.3 is 15.7 Å². The van der Waals surface area contributed by atoms with E-state index in [1.807, 2.05) is 6.92 Å². The Bertz CT molecular complexity index is 542. The molecule has 0 fully saturated rings. The summed E-state index contributed by atoms with van der Waals surface area (Å²) in [7, 11) is 0. The molecule has 1 aromatic carbocycles. The Morgan fingerprint density at radius 2 is 1.96 bits per heavy atom. The number of nitrogens with one attached hydrogen (secondary N) is 2. The highest BCUT2D eigenvalue weighted by atomic mass is 127. The van der Waals surface area contributed by atoms with Crippen LogP contribution in [-0.2, 0) is 6.42 Å². The zero-order valence-corrected chi connectivity index (χ0v) is 18.2. The molecule has 0 aliphatic carbocycles. The maximum atomic E-state index is 13.6. The first-order chi connectivity index (χ1) is 12.0. The van der Waals surface area contributed by atoms with Crippen LogP contribution < -0.4 is 10.6 Å². The Morgan fingerprint density at radius 3 is 2.54 bits per heavy atom. The van der Waals surface area contributed by atoms with Crippen molar-refractivity contribution in [2.24, 2.45) is 16.8 Å². The van der Waals surface area contributed by atoms with Crippen LogP contribution in [0.15, 0.2) is 23.2 Å². The zero-order valence-electron chi connectivity index (χ0n) is 15.9. The van der Waals surface area contributed by atoms with E-state index in [0.717, 1.165) is 25.5 Å². The monoisotopic (exact) mass is 483 g/mol. The lowest BCUT2D eigenvalue weighted by Crippen LogP contribution is -2.38. The number of nitrogens with zero attached hydrogens (tertiary/aromatic N) is 1. The molecule has 0 aromatic heterocycles. The molecule has 1 rings (SSSR count). The number of hydrogen-bond donors (Lipinski definition) is 3. The summed E-state index contributed by atoms with van der Waals surface area (Å²) >= 11 is 0. The topological polar surface area (TPSA) is 56.7 Å². The van der Waals surface area contributed by atoms with E-state index in [2.05, 4.69) is 29.5 Å². The minimum absolute atomic E-state index is 0. The van der Waals surface area contributed by atoms with Gasteiger partial charge in [0, 0.05) is 32.3 Å². The standard InChI is InChI=1S/C19H31F2N3O.HI/c1-4-22-19(24-13-15(8-10-25)11-14(2)3)23-9-7-16-5-6-17(20)12-18(16)21;/h5-6,12,14-15,25H,4,7-11,13H2,1-3H3,(H2,22,23,24);1H. The number of aliphatic imine (C=N–C) groups is 1. The lowest BCUT2D eigenvalue weighted by Gasteiger charge is -2.17. The second kappa shape index (κ2) is 14.1. The van der Waals surface area contributed by atoms with Crippen LogP contribution in [0.5, 0.6) is 0 Å². The van der Waals surface area contributed by atoms with Crippen molar-refractivity contribution in [3.05, 3.63) is 35.4 Å². The SMILES string of the molecule is CCNC(=NCC(CCO)CC(C)C)NCCc1ccc(F)cc1F.I. The number of halogens is 3. The molecule has 3 N–H and O–H groups in total. The van der Waals surface area contributed by atoms with Gasteiger partial charge in [-0.25, -0.2) is 8.78 Å². The van der Waals surface area contributed by atoms with E-state index in [1.54, 1.807) is 0 Å². The summed E-state index contributed by atoms with van der Waals surface area (Å²) in [6.45, 7) is 8.34. The Hall–Kier alpha value is -0.960. The van der Waals surface area contributed by atoms with Crippen LogP contribution in [0.25, 0.3) is 0 Å². The van der Waals surface area contributed by atoms with Gasteiger partial charge in [0.05, 0.1) is 0 Å². The molecule has 150 valence electrons. The van der Waals surface area contributed by atoms with Crippen molar-refractivity contribution in [1.82, 2.24) is 10.6 Å². The van der Waals surface area contributed by atoms with Crippen LogP contribution in [0.3, 0.4) is 0 Å². The van der Waals surface area contributed by atoms with E-state index < -0.39 is 11.6 Å². The Labute approximate surface area is 172 Å². The van der Waals surface area contributed by atoms with Gasteiger partial charge in [0.15, 0.2) is 5.96 Å². The predicted molar refractivity (Wildman–Crippen MR) is 114 cm³/mol. The van der Waals surface area contributed by atoms with Crippen LogP contribution in [0.4, 0.5) is 8.78 Å². The average Bonchev–Trinajstić information content (AvgIpc) is 2.54. The first kappa shape index (κ1) is 25.0. The zero-order chi connectivity index (χ0) is 18.7. The molecule has 1 atom stereocenters. The van der Waals surface area contributed by atoms with Gasteiger partial charge in [-0.2, -0.15) is 0 Å². The van der Waals surface area contributed by atoms with Gasteiger partial charge in [-0.3, -0.25) is 4.99 Å². The van der Waals surface area contributed by atoms with Crippen LogP contribution in [0, 0.1) is 23.5 Å². The second-order valence-corrected chi connectivity index (χ2v) is 6.64. The summed E-state index contributed by atoms with van der Waals surface area (Å²) in [5, 5.41) is 15.5. The molecular formula is C19H32F2IN3O. The predicted octanol–water partition coefficient (Wildman–Crippen LogP) is 3.73. The third kappa shape index (κ3) is 10.3. The normalized spacial score (nSPS) is 12.7. The van der Waals surface area contributed by atoms with E-state index >= 15 is 0 Å². The highest BCUT2D eigenvalue weighted by molar-refractivity contribution is 14.0. The van der Waals surface area contributed by atoms with Crippen molar-refractivity contribution in [1.29, 1.82) is 0 Å². The van der Waals surface area contributed by atoms with E-state index in [4.69, 9.17) is 0 Å². The van der Waals surface area contributed by atoms with Crippen LogP contribution in [0.1, 0.15) is 39.2 Å². The fourth-order valence-corrected chi connectivity index (χ4v) is 2.74. The maximum absolute atomic E-state index is 13.6. The number of aliphatic hydroxyl groups is 1. The van der Waals surface area contributed by atoms with Crippen molar-refractivity contribution in [2.75, 3.05) is 26.2 Å². The molecule has 7 heteroatoms. The minimum Gasteiger partial charge on any atom is -0.396 e. The molecule has 0 bridgehead atoms. The van der Waals surface area contributed by atoms with Gasteiger partial charge in [0.2, 0.25) is 0 Å². The van der Waals surface area contributed by atoms with Crippen molar-refractivity contribution in [2.45, 2.75) is 40.0 Å². The van der Waals surface area contributed by atoms with E-state index in [9.17, 15) is 13.9 Å². The second-order valence-electron chi connectivity index (χ2n) is 6.64. The third-order valence-corrected chi connectivity index (χ3v) is 3.90. The molecule has 0 radical (unpaired) electrons. The highest BCUT2D eigenvalue weighted by Crippen LogP contribution is 2.15. The molecule has 0 aliphatic rings. The number of rotatable bonds is 10. The number of benzene rings is 1. The fourth-order valence-electron chi connectivity index (χ4n) is 2.74. The van der Waals surface area contributed by atoms with Crippen molar-refractivity contribution in [3.63, 3.8) is 0 Å². The molecule has 0 aliphatic heterocycles. The molecule has 0 saturated heterocycles. The summed E-state index contributed by atoms with van der Waals surface area (Å²) in [6, 6.07) is 3.64. The van der Waals surface area contributed by atoms with Gasteiger partial charge >= 0.3 is 0 Å². The van der Waals surface area contributed by atoms with Gasteiger partial charge in [-0.05, 0) is 49.7 Å². The van der Waals surface area contributed by atoms with E-state index in [-0.39, 0.29) is 30.6 Å². The van der Waals surface area contributed by atoms with E-state index in [0.29, 0.717) is 42.9 Å². The fraction of sp³-hybridized carbons (Fsp3) is 0.632. The summed E-state index contributed by atoms with van der Waals surface area (Å²) in [6.07, 6.45) is 2.20. The summed E-state index contributed by atoms with van der Waals surface area (Å²) in [4.78, 5) is 4.58. The van der Waals surface area contributed by atoms with Crippen LogP contribution in [-0.4, -0.2) is 37.3 Å². The molecule has 1 unspecified atom stereocenters. The Morgan fingerprint density at radius 1 is 1.23 bits per heavy atom. The molecule has 0 saturated carbocycles. The van der Waals surface area contributed by atoms with E-state index in [1.165, 1.54) is 12.1 Å². The van der Waals surface area contributed by atoms with Gasteiger partial charge in [-0.1, -0.05) is 19.9 Å². The lowest BCUT2D eigenvalue weighted by atomic mass is 9.94. The molecule has 0 spiro atoms. The third-order valence-electron chi connectivity index (χ3n) is 3.90. The quantitative estimate of drug-likeness (QED) is 0.270. The average molecular weight is 483 g/mol. The first-order valence-corrected chi connectivity index (χ1v) is 9.03.